The number of hydrogen-bond acceptors (Lipinski definition) is 3. The van der Waals surface area contributed by atoms with Crippen molar-refractivity contribution in [2.24, 2.45) is 11.3 Å². The zero-order chi connectivity index (χ0) is 14.6. The van der Waals surface area contributed by atoms with Gasteiger partial charge in [-0.2, -0.15) is 0 Å². The van der Waals surface area contributed by atoms with E-state index in [1.54, 1.807) is 13.3 Å². The first-order chi connectivity index (χ1) is 9.55. The molecule has 0 spiro atoms. The van der Waals surface area contributed by atoms with Crippen LogP contribution in [0.2, 0.25) is 0 Å². The summed E-state index contributed by atoms with van der Waals surface area (Å²) >= 11 is 0. The fourth-order valence-electron chi connectivity index (χ4n) is 2.29. The number of hydrogen-bond donors (Lipinski definition) is 2. The van der Waals surface area contributed by atoms with Gasteiger partial charge in [-0.25, -0.2) is 9.78 Å². The highest BCUT2D eigenvalue weighted by Gasteiger charge is 2.45. The highest BCUT2D eigenvalue weighted by molar-refractivity contribution is 5.73. The molecule has 0 saturated heterocycles. The lowest BCUT2D eigenvalue weighted by Gasteiger charge is -2.20. The van der Waals surface area contributed by atoms with Crippen molar-refractivity contribution in [3.8, 4) is 5.88 Å². The number of carbonyl (C=O) groups is 1. The van der Waals surface area contributed by atoms with Gasteiger partial charge in [0.1, 0.15) is 0 Å². The van der Waals surface area contributed by atoms with Crippen LogP contribution in [0.1, 0.15) is 32.3 Å². The number of amides is 2. The number of rotatable bonds is 6. The molecule has 0 aromatic carbocycles. The van der Waals surface area contributed by atoms with Crippen LogP contribution in [0.5, 0.6) is 5.88 Å². The molecule has 2 rings (SSSR count). The van der Waals surface area contributed by atoms with Crippen LogP contribution in [0.25, 0.3) is 0 Å². The van der Waals surface area contributed by atoms with Crippen LogP contribution in [0.3, 0.4) is 0 Å². The van der Waals surface area contributed by atoms with Crippen molar-refractivity contribution in [1.29, 1.82) is 0 Å². The molecule has 0 bridgehead atoms. The van der Waals surface area contributed by atoms with Crippen molar-refractivity contribution >= 4 is 6.03 Å². The van der Waals surface area contributed by atoms with Crippen LogP contribution in [-0.4, -0.2) is 24.7 Å². The Morgan fingerprint density at radius 3 is 2.80 bits per heavy atom. The molecule has 1 fully saturated rings. The summed E-state index contributed by atoms with van der Waals surface area (Å²) in [6.45, 7) is 5.67. The Morgan fingerprint density at radius 2 is 2.20 bits per heavy atom. The molecule has 5 nitrogen and oxygen atoms in total. The van der Waals surface area contributed by atoms with E-state index >= 15 is 0 Å². The first-order valence-corrected chi connectivity index (χ1v) is 7.06. The van der Waals surface area contributed by atoms with Crippen LogP contribution in [0, 0.1) is 11.3 Å². The van der Waals surface area contributed by atoms with Gasteiger partial charge in [0.05, 0.1) is 7.11 Å². The van der Waals surface area contributed by atoms with Gasteiger partial charge in [0.15, 0.2) is 0 Å². The Hall–Kier alpha value is -1.78. The van der Waals surface area contributed by atoms with E-state index in [1.165, 1.54) is 12.8 Å². The van der Waals surface area contributed by atoms with E-state index in [1.807, 2.05) is 12.1 Å². The molecular formula is C15H23N3O2. The summed E-state index contributed by atoms with van der Waals surface area (Å²) < 4.78 is 5.05. The van der Waals surface area contributed by atoms with Gasteiger partial charge < -0.3 is 15.4 Å². The van der Waals surface area contributed by atoms with Crippen molar-refractivity contribution in [1.82, 2.24) is 15.6 Å². The van der Waals surface area contributed by atoms with Crippen molar-refractivity contribution in [2.75, 3.05) is 13.7 Å². The van der Waals surface area contributed by atoms with E-state index in [9.17, 15) is 4.79 Å². The SMILES string of the molecule is COc1cc(CNC(=O)NCC2(C(C)C)CC2)ccn1. The van der Waals surface area contributed by atoms with Gasteiger partial charge in [-0.1, -0.05) is 13.8 Å². The van der Waals surface area contributed by atoms with Crippen molar-refractivity contribution in [3.63, 3.8) is 0 Å². The van der Waals surface area contributed by atoms with Crippen molar-refractivity contribution in [3.05, 3.63) is 23.9 Å². The Labute approximate surface area is 120 Å². The van der Waals surface area contributed by atoms with Crippen molar-refractivity contribution < 1.29 is 9.53 Å². The normalized spacial score (nSPS) is 15.8. The fraction of sp³-hybridized carbons (Fsp3) is 0.600. The Morgan fingerprint density at radius 1 is 1.45 bits per heavy atom. The number of methoxy groups -OCH3 is 1. The van der Waals surface area contributed by atoms with Crippen LogP contribution < -0.4 is 15.4 Å². The van der Waals surface area contributed by atoms with E-state index in [0.29, 0.717) is 23.8 Å². The number of carbonyl (C=O) groups excluding carboxylic acids is 1. The Kier molecular flexibility index (Phi) is 4.47. The number of nitrogens with zero attached hydrogens (tertiary/aromatic N) is 1. The molecule has 2 N–H and O–H groups in total. The molecule has 5 heteroatoms. The van der Waals surface area contributed by atoms with Crippen molar-refractivity contribution in [2.45, 2.75) is 33.2 Å². The topological polar surface area (TPSA) is 63.2 Å². The summed E-state index contributed by atoms with van der Waals surface area (Å²) in [4.78, 5) is 15.8. The standard InChI is InChI=1S/C15H23N3O2/c1-11(2)15(5-6-15)10-18-14(19)17-9-12-4-7-16-13(8-12)20-3/h4,7-8,11H,5-6,9-10H2,1-3H3,(H2,17,18,19). The predicted octanol–water partition coefficient (Wildman–Crippen LogP) is 2.33. The summed E-state index contributed by atoms with van der Waals surface area (Å²) in [5.41, 5.74) is 1.30. The molecule has 1 aliphatic rings. The molecule has 0 unspecified atom stereocenters. The molecule has 1 aliphatic carbocycles. The molecule has 0 aliphatic heterocycles. The van der Waals surface area contributed by atoms with Crippen LogP contribution in [0.4, 0.5) is 4.79 Å². The molecule has 2 amide bonds. The number of ether oxygens (including phenoxy) is 1. The lowest BCUT2D eigenvalue weighted by atomic mass is 9.92. The number of pyridine rings is 1. The predicted molar refractivity (Wildman–Crippen MR) is 77.5 cm³/mol. The lowest BCUT2D eigenvalue weighted by Crippen LogP contribution is -2.39. The maximum Gasteiger partial charge on any atom is 0.315 e. The Balaban J connectivity index is 1.75. The van der Waals surface area contributed by atoms with E-state index < -0.39 is 0 Å². The third kappa shape index (κ3) is 3.62. The van der Waals surface area contributed by atoms with Gasteiger partial charge in [0.25, 0.3) is 0 Å². The van der Waals surface area contributed by atoms with Gasteiger partial charge in [-0.15, -0.1) is 0 Å². The highest BCUT2D eigenvalue weighted by Crippen LogP contribution is 2.51. The molecule has 0 radical (unpaired) electrons. The van der Waals surface area contributed by atoms with Gasteiger partial charge in [0, 0.05) is 25.4 Å². The highest BCUT2D eigenvalue weighted by atomic mass is 16.5. The van der Waals surface area contributed by atoms with Gasteiger partial charge >= 0.3 is 6.03 Å². The monoisotopic (exact) mass is 277 g/mol. The quantitative estimate of drug-likeness (QED) is 0.839. The minimum atomic E-state index is -0.118. The molecule has 20 heavy (non-hydrogen) atoms. The summed E-state index contributed by atoms with van der Waals surface area (Å²) in [7, 11) is 1.58. The first-order valence-electron chi connectivity index (χ1n) is 7.06. The third-order valence-electron chi connectivity index (χ3n) is 4.18. The lowest BCUT2D eigenvalue weighted by molar-refractivity contribution is 0.234. The molecular weight excluding hydrogens is 254 g/mol. The summed E-state index contributed by atoms with van der Waals surface area (Å²) in [6, 6.07) is 3.56. The molecule has 1 saturated carbocycles. The number of urea groups is 1. The number of aromatic nitrogens is 1. The fourth-order valence-corrected chi connectivity index (χ4v) is 2.29. The summed E-state index contributed by atoms with van der Waals surface area (Å²) in [5.74, 6) is 1.17. The molecule has 1 aromatic rings. The smallest absolute Gasteiger partial charge is 0.315 e. The largest absolute Gasteiger partial charge is 0.481 e. The Bertz CT molecular complexity index is 470. The van der Waals surface area contributed by atoms with Gasteiger partial charge in [-0.05, 0) is 35.8 Å². The van der Waals surface area contributed by atoms with E-state index in [2.05, 4.69) is 29.5 Å². The third-order valence-corrected chi connectivity index (χ3v) is 4.18. The molecule has 0 atom stereocenters. The summed E-state index contributed by atoms with van der Waals surface area (Å²) in [6.07, 6.45) is 4.10. The maximum absolute atomic E-state index is 11.8. The second kappa shape index (κ2) is 6.11. The minimum absolute atomic E-state index is 0.118. The second-order valence-electron chi connectivity index (χ2n) is 5.76. The van der Waals surface area contributed by atoms with E-state index in [4.69, 9.17) is 4.74 Å². The van der Waals surface area contributed by atoms with Gasteiger partial charge in [-0.3, -0.25) is 0 Å². The minimum Gasteiger partial charge on any atom is -0.481 e. The van der Waals surface area contributed by atoms with Crippen LogP contribution >= 0.6 is 0 Å². The van der Waals surface area contributed by atoms with Crippen LogP contribution in [0.15, 0.2) is 18.3 Å². The molecule has 1 aromatic heterocycles. The first kappa shape index (κ1) is 14.6. The van der Waals surface area contributed by atoms with Gasteiger partial charge in [0.2, 0.25) is 5.88 Å². The van der Waals surface area contributed by atoms with E-state index in [0.717, 1.165) is 12.1 Å². The average Bonchev–Trinajstić information content (AvgIpc) is 3.24. The molecule has 1 heterocycles. The summed E-state index contributed by atoms with van der Waals surface area (Å²) in [5, 5.41) is 5.82. The molecule has 110 valence electrons. The maximum atomic E-state index is 11.8. The zero-order valence-electron chi connectivity index (χ0n) is 12.4. The van der Waals surface area contributed by atoms with E-state index in [-0.39, 0.29) is 6.03 Å². The second-order valence-corrected chi connectivity index (χ2v) is 5.76. The zero-order valence-corrected chi connectivity index (χ0v) is 12.4. The number of nitrogens with one attached hydrogen (secondary N) is 2. The van der Waals surface area contributed by atoms with Crippen LogP contribution in [-0.2, 0) is 6.54 Å². The average molecular weight is 277 g/mol.